The van der Waals surface area contributed by atoms with Crippen LogP contribution in [0.25, 0.3) is 0 Å². The average molecular weight is 279 g/mol. The Bertz CT molecular complexity index is 449. The second kappa shape index (κ2) is 7.38. The van der Waals surface area contributed by atoms with Crippen molar-refractivity contribution in [2.24, 2.45) is 0 Å². The van der Waals surface area contributed by atoms with Gasteiger partial charge in [0.05, 0.1) is 12.7 Å². The Morgan fingerprint density at radius 1 is 1.45 bits per heavy atom. The van der Waals surface area contributed by atoms with Crippen molar-refractivity contribution in [1.29, 1.82) is 0 Å². The molecule has 2 rings (SSSR count). The highest BCUT2D eigenvalue weighted by Gasteiger charge is 2.29. The molecule has 1 heterocycles. The molecule has 1 aliphatic heterocycles. The van der Waals surface area contributed by atoms with Gasteiger partial charge in [0.25, 0.3) is 0 Å². The fourth-order valence-corrected chi connectivity index (χ4v) is 2.41. The number of hydrogen-bond acceptors (Lipinski definition) is 4. The molecule has 0 spiro atoms. The molecule has 2 atom stereocenters. The normalized spacial score (nSPS) is 22.1. The lowest BCUT2D eigenvalue weighted by molar-refractivity contribution is -0.149. The topological polar surface area (TPSA) is 67.8 Å². The molecule has 0 aromatic heterocycles. The Hall–Kier alpha value is -1.43. The molecule has 2 N–H and O–H groups in total. The van der Waals surface area contributed by atoms with E-state index in [9.17, 15) is 4.79 Å². The van der Waals surface area contributed by atoms with Gasteiger partial charge in [-0.05, 0) is 24.0 Å². The highest BCUT2D eigenvalue weighted by atomic mass is 16.5. The van der Waals surface area contributed by atoms with Crippen molar-refractivity contribution in [3.8, 4) is 0 Å². The number of aliphatic carboxylic acids is 1. The quantitative estimate of drug-likeness (QED) is 0.792. The fourth-order valence-electron chi connectivity index (χ4n) is 2.41. The Balaban J connectivity index is 1.73. The number of carbonyl (C=O) groups is 1. The number of methoxy groups -OCH3 is 1. The first-order valence-corrected chi connectivity index (χ1v) is 6.85. The first-order chi connectivity index (χ1) is 9.69. The molecule has 0 aliphatic carbocycles. The summed E-state index contributed by atoms with van der Waals surface area (Å²) >= 11 is 0. The van der Waals surface area contributed by atoms with Crippen LogP contribution in [0.3, 0.4) is 0 Å². The fraction of sp³-hybridized carbons (Fsp3) is 0.533. The van der Waals surface area contributed by atoms with Crippen molar-refractivity contribution < 1.29 is 19.4 Å². The number of carboxylic acid groups (broad SMARTS) is 1. The summed E-state index contributed by atoms with van der Waals surface area (Å²) in [4.78, 5) is 10.8. The van der Waals surface area contributed by atoms with Crippen molar-refractivity contribution >= 4 is 5.97 Å². The van der Waals surface area contributed by atoms with Gasteiger partial charge in [0.2, 0.25) is 0 Å². The number of nitrogens with one attached hydrogen (secondary N) is 1. The molecule has 1 fully saturated rings. The van der Waals surface area contributed by atoms with Crippen molar-refractivity contribution in [2.45, 2.75) is 38.2 Å². The van der Waals surface area contributed by atoms with Crippen molar-refractivity contribution in [3.63, 3.8) is 0 Å². The number of ether oxygens (including phenoxy) is 2. The van der Waals surface area contributed by atoms with Gasteiger partial charge >= 0.3 is 5.97 Å². The zero-order valence-electron chi connectivity index (χ0n) is 11.7. The Morgan fingerprint density at radius 3 is 2.95 bits per heavy atom. The van der Waals surface area contributed by atoms with Crippen LogP contribution in [0.15, 0.2) is 24.3 Å². The van der Waals surface area contributed by atoms with E-state index in [0.29, 0.717) is 19.6 Å². The minimum Gasteiger partial charge on any atom is -0.479 e. The monoisotopic (exact) mass is 279 g/mol. The van der Waals surface area contributed by atoms with Crippen molar-refractivity contribution in [2.75, 3.05) is 13.7 Å². The molecule has 1 aromatic carbocycles. The zero-order chi connectivity index (χ0) is 14.4. The molecule has 0 bridgehead atoms. The van der Waals surface area contributed by atoms with Crippen LogP contribution in [0.2, 0.25) is 0 Å². The molecule has 1 aliphatic rings. The summed E-state index contributed by atoms with van der Waals surface area (Å²) in [7, 11) is 1.68. The van der Waals surface area contributed by atoms with Gasteiger partial charge in [-0.25, -0.2) is 4.79 Å². The van der Waals surface area contributed by atoms with Crippen molar-refractivity contribution in [3.05, 3.63) is 35.4 Å². The molecule has 5 nitrogen and oxygen atoms in total. The summed E-state index contributed by atoms with van der Waals surface area (Å²) in [5.74, 6) is -0.861. The third-order valence-electron chi connectivity index (χ3n) is 3.39. The molecular formula is C15H21NO4. The van der Waals surface area contributed by atoms with Crippen molar-refractivity contribution in [1.82, 2.24) is 5.32 Å². The average Bonchev–Trinajstić information content (AvgIpc) is 2.89. The molecular weight excluding hydrogens is 258 g/mol. The SMILES string of the molecule is COCc1cccc(CNCC2CCC(C(=O)O)O2)c1. The second-order valence-electron chi connectivity index (χ2n) is 5.05. The van der Waals surface area contributed by atoms with Crippen LogP contribution in [0.5, 0.6) is 0 Å². The molecule has 2 unspecified atom stereocenters. The van der Waals surface area contributed by atoms with Gasteiger partial charge < -0.3 is 19.9 Å². The minimum atomic E-state index is -0.861. The standard InChI is InChI=1S/C15H21NO4/c1-19-10-12-4-2-3-11(7-12)8-16-9-13-5-6-14(20-13)15(17)18/h2-4,7,13-14,16H,5-6,8-10H2,1H3,(H,17,18). The zero-order valence-corrected chi connectivity index (χ0v) is 11.7. The maximum Gasteiger partial charge on any atom is 0.332 e. The van der Waals surface area contributed by atoms with E-state index in [1.165, 1.54) is 5.56 Å². The van der Waals surface area contributed by atoms with E-state index in [1.54, 1.807) is 7.11 Å². The summed E-state index contributed by atoms with van der Waals surface area (Å²) < 4.78 is 10.5. The maximum atomic E-state index is 10.8. The lowest BCUT2D eigenvalue weighted by Gasteiger charge is -2.12. The van der Waals surface area contributed by atoms with E-state index in [1.807, 2.05) is 12.1 Å². The van der Waals surface area contributed by atoms with Gasteiger partial charge in [-0.2, -0.15) is 0 Å². The van der Waals surface area contributed by atoms with Crippen LogP contribution < -0.4 is 5.32 Å². The highest BCUT2D eigenvalue weighted by molar-refractivity contribution is 5.72. The molecule has 110 valence electrons. The predicted molar refractivity (Wildman–Crippen MR) is 74.4 cm³/mol. The molecule has 1 saturated heterocycles. The van der Waals surface area contributed by atoms with E-state index >= 15 is 0 Å². The van der Waals surface area contributed by atoms with Gasteiger partial charge in [0, 0.05) is 20.2 Å². The summed E-state index contributed by atoms with van der Waals surface area (Å²) in [5.41, 5.74) is 2.34. The highest BCUT2D eigenvalue weighted by Crippen LogP contribution is 2.19. The summed E-state index contributed by atoms with van der Waals surface area (Å²) in [6.45, 7) is 2.04. The van der Waals surface area contributed by atoms with E-state index in [0.717, 1.165) is 18.5 Å². The summed E-state index contributed by atoms with van der Waals surface area (Å²) in [6, 6.07) is 8.20. The Morgan fingerprint density at radius 2 is 2.25 bits per heavy atom. The van der Waals surface area contributed by atoms with Crippen LogP contribution in [0, 0.1) is 0 Å². The third-order valence-corrected chi connectivity index (χ3v) is 3.39. The molecule has 5 heteroatoms. The third kappa shape index (κ3) is 4.30. The van der Waals surface area contributed by atoms with Crippen LogP contribution in [0.1, 0.15) is 24.0 Å². The number of rotatable bonds is 7. The van der Waals surface area contributed by atoms with Crippen LogP contribution in [-0.2, 0) is 27.4 Å². The van der Waals surface area contributed by atoms with Gasteiger partial charge in [-0.3, -0.25) is 0 Å². The lowest BCUT2D eigenvalue weighted by atomic mass is 10.1. The van der Waals surface area contributed by atoms with Gasteiger partial charge in [-0.1, -0.05) is 24.3 Å². The molecule has 1 aromatic rings. The van der Waals surface area contributed by atoms with E-state index < -0.39 is 12.1 Å². The van der Waals surface area contributed by atoms with E-state index in [-0.39, 0.29) is 6.10 Å². The summed E-state index contributed by atoms with van der Waals surface area (Å²) in [6.07, 6.45) is 0.767. The van der Waals surface area contributed by atoms with Crippen LogP contribution in [-0.4, -0.2) is 36.9 Å². The molecule has 20 heavy (non-hydrogen) atoms. The van der Waals surface area contributed by atoms with Crippen LogP contribution >= 0.6 is 0 Å². The Kier molecular flexibility index (Phi) is 5.52. The number of benzene rings is 1. The van der Waals surface area contributed by atoms with Gasteiger partial charge in [0.15, 0.2) is 6.10 Å². The Labute approximate surface area is 118 Å². The summed E-state index contributed by atoms with van der Waals surface area (Å²) in [5, 5.41) is 12.2. The smallest absolute Gasteiger partial charge is 0.332 e. The first-order valence-electron chi connectivity index (χ1n) is 6.85. The lowest BCUT2D eigenvalue weighted by Crippen LogP contribution is -2.28. The number of carboxylic acids is 1. The van der Waals surface area contributed by atoms with Gasteiger partial charge in [0.1, 0.15) is 0 Å². The largest absolute Gasteiger partial charge is 0.479 e. The molecule has 0 saturated carbocycles. The predicted octanol–water partition coefficient (Wildman–Crippen LogP) is 1.55. The van der Waals surface area contributed by atoms with Crippen LogP contribution in [0.4, 0.5) is 0 Å². The van der Waals surface area contributed by atoms with E-state index in [2.05, 4.69) is 17.4 Å². The maximum absolute atomic E-state index is 10.8. The second-order valence-corrected chi connectivity index (χ2v) is 5.05. The molecule has 0 amide bonds. The van der Waals surface area contributed by atoms with Gasteiger partial charge in [-0.15, -0.1) is 0 Å². The minimum absolute atomic E-state index is 0.00161. The number of hydrogen-bond donors (Lipinski definition) is 2. The molecule has 0 radical (unpaired) electrons. The first kappa shape index (κ1) is 15.0. The van der Waals surface area contributed by atoms with E-state index in [4.69, 9.17) is 14.6 Å².